The lowest BCUT2D eigenvalue weighted by molar-refractivity contribution is 0.0950. The summed E-state index contributed by atoms with van der Waals surface area (Å²) in [5, 5.41) is 11.5. The number of hydrogen-bond donors (Lipinski definition) is 2. The fourth-order valence-corrected chi connectivity index (χ4v) is 1.69. The summed E-state index contributed by atoms with van der Waals surface area (Å²) in [6, 6.07) is 12.6. The van der Waals surface area contributed by atoms with Crippen LogP contribution in [0.15, 0.2) is 48.7 Å². The smallest absolute Gasteiger partial charge is 0.252 e. The van der Waals surface area contributed by atoms with E-state index in [0.717, 1.165) is 5.69 Å². The maximum atomic E-state index is 12.1. The summed E-state index contributed by atoms with van der Waals surface area (Å²) in [5.74, 6) is 5.10. The minimum absolute atomic E-state index is 0.210. The Hall–Kier alpha value is -2.64. The molecule has 0 fully saturated rings. The molecule has 2 aromatic rings. The second kappa shape index (κ2) is 7.07. The molecule has 1 aromatic heterocycles. The van der Waals surface area contributed by atoms with Crippen LogP contribution in [0.2, 0.25) is 0 Å². The molecule has 0 spiro atoms. The van der Waals surface area contributed by atoms with Crippen LogP contribution in [0, 0.1) is 11.8 Å². The normalized spacial score (nSPS) is 9.45. The average molecular weight is 266 g/mol. The van der Waals surface area contributed by atoms with Crippen LogP contribution in [-0.4, -0.2) is 22.6 Å². The molecule has 100 valence electrons. The van der Waals surface area contributed by atoms with Crippen LogP contribution >= 0.6 is 0 Å². The first-order valence-electron chi connectivity index (χ1n) is 6.18. The van der Waals surface area contributed by atoms with Gasteiger partial charge >= 0.3 is 0 Å². The number of hydrogen-bond acceptors (Lipinski definition) is 3. The highest BCUT2D eigenvalue weighted by Crippen LogP contribution is 2.07. The number of carbonyl (C=O) groups is 1. The minimum atomic E-state index is -0.232. The largest absolute Gasteiger partial charge is 0.384 e. The molecule has 0 unspecified atom stereocenters. The highest BCUT2D eigenvalue weighted by atomic mass is 16.2. The zero-order chi connectivity index (χ0) is 14.2. The number of nitrogens with zero attached hydrogens (tertiary/aromatic N) is 1. The van der Waals surface area contributed by atoms with Crippen molar-refractivity contribution in [2.45, 2.75) is 6.54 Å². The van der Waals surface area contributed by atoms with Crippen molar-refractivity contribution in [3.63, 3.8) is 0 Å². The molecule has 1 aromatic carbocycles. The molecule has 4 nitrogen and oxygen atoms in total. The fourth-order valence-electron chi connectivity index (χ4n) is 1.69. The molecule has 0 radical (unpaired) electrons. The highest BCUT2D eigenvalue weighted by molar-refractivity contribution is 5.96. The second-order valence-electron chi connectivity index (χ2n) is 4.01. The Morgan fingerprint density at radius 3 is 2.75 bits per heavy atom. The third kappa shape index (κ3) is 3.67. The van der Waals surface area contributed by atoms with Gasteiger partial charge in [-0.15, -0.1) is 0 Å². The topological polar surface area (TPSA) is 62.2 Å². The van der Waals surface area contributed by atoms with Gasteiger partial charge in [0.1, 0.15) is 6.61 Å². The number of aliphatic hydroxyl groups excluding tert-OH is 1. The Balaban J connectivity index is 2.09. The van der Waals surface area contributed by atoms with Crippen LogP contribution < -0.4 is 5.32 Å². The lowest BCUT2D eigenvalue weighted by Crippen LogP contribution is -2.24. The number of carbonyl (C=O) groups excluding carboxylic acids is 1. The number of rotatable bonds is 3. The molecule has 4 heteroatoms. The Kier molecular flexibility index (Phi) is 4.87. The molecule has 1 heterocycles. The van der Waals surface area contributed by atoms with Crippen molar-refractivity contribution in [2.24, 2.45) is 0 Å². The average Bonchev–Trinajstić information content (AvgIpc) is 2.52. The molecule has 0 bridgehead atoms. The second-order valence-corrected chi connectivity index (χ2v) is 4.01. The van der Waals surface area contributed by atoms with Gasteiger partial charge in [0.25, 0.3) is 5.91 Å². The van der Waals surface area contributed by atoms with Gasteiger partial charge < -0.3 is 10.4 Å². The van der Waals surface area contributed by atoms with E-state index in [4.69, 9.17) is 5.11 Å². The van der Waals surface area contributed by atoms with Gasteiger partial charge in [-0.2, -0.15) is 0 Å². The van der Waals surface area contributed by atoms with Gasteiger partial charge in [-0.05, 0) is 24.3 Å². The zero-order valence-corrected chi connectivity index (χ0v) is 10.8. The van der Waals surface area contributed by atoms with Crippen LogP contribution in [0.3, 0.4) is 0 Å². The van der Waals surface area contributed by atoms with Gasteiger partial charge in [0, 0.05) is 11.8 Å². The lowest BCUT2D eigenvalue weighted by Gasteiger charge is -2.06. The molecule has 0 aliphatic carbocycles. The summed E-state index contributed by atoms with van der Waals surface area (Å²) in [6.07, 6.45) is 1.68. The number of aromatic nitrogens is 1. The van der Waals surface area contributed by atoms with Gasteiger partial charge in [0.05, 0.1) is 17.8 Å². The van der Waals surface area contributed by atoms with Crippen LogP contribution in [0.5, 0.6) is 0 Å². The quantitative estimate of drug-likeness (QED) is 0.824. The first kappa shape index (κ1) is 13.8. The molecule has 0 atom stereocenters. The molecule has 2 rings (SSSR count). The maximum absolute atomic E-state index is 12.1. The molecule has 0 saturated carbocycles. The van der Waals surface area contributed by atoms with Crippen LogP contribution in [0.1, 0.15) is 21.6 Å². The minimum Gasteiger partial charge on any atom is -0.384 e. The molecule has 0 saturated heterocycles. The van der Waals surface area contributed by atoms with Crippen molar-refractivity contribution >= 4 is 5.91 Å². The summed E-state index contributed by atoms with van der Waals surface area (Å²) in [5.41, 5.74) is 1.88. The number of benzene rings is 1. The van der Waals surface area contributed by atoms with Crippen molar-refractivity contribution in [3.05, 3.63) is 65.5 Å². The van der Waals surface area contributed by atoms with E-state index >= 15 is 0 Å². The zero-order valence-electron chi connectivity index (χ0n) is 10.8. The third-order valence-electron chi connectivity index (χ3n) is 2.63. The molecule has 0 aliphatic heterocycles. The molecule has 0 aliphatic rings. The summed E-state index contributed by atoms with van der Waals surface area (Å²) >= 11 is 0. The highest BCUT2D eigenvalue weighted by Gasteiger charge is 2.09. The Bertz CT molecular complexity index is 642. The Morgan fingerprint density at radius 1 is 1.20 bits per heavy atom. The van der Waals surface area contributed by atoms with E-state index in [-0.39, 0.29) is 12.5 Å². The van der Waals surface area contributed by atoms with Crippen LogP contribution in [0.4, 0.5) is 0 Å². The Morgan fingerprint density at radius 2 is 2.00 bits per heavy atom. The van der Waals surface area contributed by atoms with Crippen molar-refractivity contribution < 1.29 is 9.90 Å². The molecule has 1 amide bonds. The first-order chi connectivity index (χ1) is 9.81. The predicted molar refractivity (Wildman–Crippen MR) is 75.8 cm³/mol. The number of amides is 1. The summed E-state index contributed by atoms with van der Waals surface area (Å²) in [7, 11) is 0. The first-order valence-corrected chi connectivity index (χ1v) is 6.18. The van der Waals surface area contributed by atoms with Crippen LogP contribution in [-0.2, 0) is 6.54 Å². The van der Waals surface area contributed by atoms with E-state index in [1.807, 2.05) is 18.2 Å². The number of nitrogens with one attached hydrogen (secondary N) is 1. The monoisotopic (exact) mass is 266 g/mol. The van der Waals surface area contributed by atoms with Gasteiger partial charge in [-0.25, -0.2) is 0 Å². The molecular formula is C16H14N2O2. The third-order valence-corrected chi connectivity index (χ3v) is 2.63. The maximum Gasteiger partial charge on any atom is 0.252 e. The Labute approximate surface area is 117 Å². The van der Waals surface area contributed by atoms with Gasteiger partial charge in [0.2, 0.25) is 0 Å². The lowest BCUT2D eigenvalue weighted by atomic mass is 10.1. The summed E-state index contributed by atoms with van der Waals surface area (Å²) < 4.78 is 0. The van der Waals surface area contributed by atoms with Gasteiger partial charge in [-0.1, -0.05) is 30.0 Å². The van der Waals surface area contributed by atoms with Crippen molar-refractivity contribution in [1.29, 1.82) is 0 Å². The molecule has 20 heavy (non-hydrogen) atoms. The van der Waals surface area contributed by atoms with E-state index in [9.17, 15) is 4.79 Å². The molecular weight excluding hydrogens is 252 g/mol. The van der Waals surface area contributed by atoms with E-state index in [1.165, 1.54) is 0 Å². The van der Waals surface area contributed by atoms with E-state index < -0.39 is 0 Å². The van der Waals surface area contributed by atoms with Crippen molar-refractivity contribution in [3.8, 4) is 11.8 Å². The summed E-state index contributed by atoms with van der Waals surface area (Å²) in [6.45, 7) is 0.130. The van der Waals surface area contributed by atoms with E-state index in [0.29, 0.717) is 17.7 Å². The SMILES string of the molecule is O=C(NCc1ccccn1)c1ccccc1C#CCO. The fraction of sp³-hybridized carbons (Fsp3) is 0.125. The van der Waals surface area contributed by atoms with Crippen LogP contribution in [0.25, 0.3) is 0 Å². The van der Waals surface area contributed by atoms with Crippen molar-refractivity contribution in [2.75, 3.05) is 6.61 Å². The van der Waals surface area contributed by atoms with Gasteiger partial charge in [0.15, 0.2) is 0 Å². The predicted octanol–water partition coefficient (Wildman–Crippen LogP) is 1.36. The molecule has 2 N–H and O–H groups in total. The summed E-state index contributed by atoms with van der Waals surface area (Å²) in [4.78, 5) is 16.3. The number of pyridine rings is 1. The standard InChI is InChI=1S/C16H14N2O2/c19-11-5-7-13-6-1-2-9-15(13)16(20)18-12-14-8-3-4-10-17-14/h1-4,6,8-10,19H,11-12H2,(H,18,20). The van der Waals surface area contributed by atoms with E-state index in [1.54, 1.807) is 30.5 Å². The van der Waals surface area contributed by atoms with Gasteiger partial charge in [-0.3, -0.25) is 9.78 Å². The van der Waals surface area contributed by atoms with E-state index in [2.05, 4.69) is 22.1 Å². The van der Waals surface area contributed by atoms with Crippen molar-refractivity contribution in [1.82, 2.24) is 10.3 Å². The number of aliphatic hydroxyl groups is 1.